The first-order chi connectivity index (χ1) is 8.61. The smallest absolute Gasteiger partial charge is 0.335 e. The number of benzene rings is 1. The first-order valence-electron chi connectivity index (χ1n) is 6.39. The number of hydrogen-bond donors (Lipinski definition) is 1. The summed E-state index contributed by atoms with van der Waals surface area (Å²) in [6.45, 7) is 4.15. The number of carboxylic acid groups (broad SMARTS) is 1. The summed E-state index contributed by atoms with van der Waals surface area (Å²) in [5, 5.41) is 8.95. The van der Waals surface area contributed by atoms with Crippen molar-refractivity contribution in [1.29, 1.82) is 0 Å². The lowest BCUT2D eigenvalue weighted by atomic mass is 9.85. The molecule has 0 radical (unpaired) electrons. The zero-order valence-electron chi connectivity index (χ0n) is 10.5. The van der Waals surface area contributed by atoms with E-state index in [1.807, 2.05) is 6.07 Å². The summed E-state index contributed by atoms with van der Waals surface area (Å²) in [5.41, 5.74) is 1.42. The van der Waals surface area contributed by atoms with E-state index < -0.39 is 5.97 Å². The number of carboxylic acids is 1. The van der Waals surface area contributed by atoms with Crippen molar-refractivity contribution in [3.8, 4) is 0 Å². The molecule has 1 N–H and O–H groups in total. The summed E-state index contributed by atoms with van der Waals surface area (Å²) >= 11 is 3.48. The lowest BCUT2D eigenvalue weighted by Crippen LogP contribution is -2.32. The van der Waals surface area contributed by atoms with Crippen molar-refractivity contribution in [3.63, 3.8) is 0 Å². The van der Waals surface area contributed by atoms with Gasteiger partial charge in [0.25, 0.3) is 0 Å². The lowest BCUT2D eigenvalue weighted by Gasteiger charge is -2.33. The fraction of sp³-hybridized carbons (Fsp3) is 0.500. The Morgan fingerprint density at radius 1 is 1.50 bits per heavy atom. The summed E-state index contributed by atoms with van der Waals surface area (Å²) in [6.07, 6.45) is 3.99. The predicted octanol–water partition coefficient (Wildman–Crippen LogP) is 3.77. The Bertz CT molecular complexity index is 443. The van der Waals surface area contributed by atoms with Crippen LogP contribution in [0.3, 0.4) is 0 Å². The Labute approximate surface area is 116 Å². The number of anilines is 1. The Kier molecular flexibility index (Phi) is 4.27. The summed E-state index contributed by atoms with van der Waals surface area (Å²) in [6, 6.07) is 5.25. The molecule has 0 heterocycles. The van der Waals surface area contributed by atoms with Crippen molar-refractivity contribution in [2.24, 2.45) is 5.92 Å². The molecular formula is C14H18BrNO2. The zero-order chi connectivity index (χ0) is 13.1. The highest BCUT2D eigenvalue weighted by atomic mass is 79.9. The highest BCUT2D eigenvalue weighted by Crippen LogP contribution is 2.32. The first kappa shape index (κ1) is 13.4. The molecule has 1 aliphatic carbocycles. The van der Waals surface area contributed by atoms with Crippen LogP contribution in [-0.2, 0) is 0 Å². The van der Waals surface area contributed by atoms with Crippen LogP contribution in [0.5, 0.6) is 0 Å². The van der Waals surface area contributed by atoms with Gasteiger partial charge in [-0.25, -0.2) is 4.79 Å². The van der Waals surface area contributed by atoms with E-state index in [1.165, 1.54) is 19.3 Å². The minimum atomic E-state index is -0.885. The van der Waals surface area contributed by atoms with Gasteiger partial charge in [0.2, 0.25) is 0 Å². The van der Waals surface area contributed by atoms with Gasteiger partial charge in [-0.1, -0.05) is 6.42 Å². The molecule has 18 heavy (non-hydrogen) atoms. The summed E-state index contributed by atoms with van der Waals surface area (Å²) in [4.78, 5) is 13.2. The van der Waals surface area contributed by atoms with Crippen molar-refractivity contribution in [2.45, 2.75) is 26.2 Å². The molecule has 1 saturated carbocycles. The predicted molar refractivity (Wildman–Crippen MR) is 76.3 cm³/mol. The second-order valence-electron chi connectivity index (χ2n) is 4.81. The molecule has 0 spiro atoms. The van der Waals surface area contributed by atoms with Gasteiger partial charge in [-0.2, -0.15) is 0 Å². The van der Waals surface area contributed by atoms with Gasteiger partial charge in [-0.05, 0) is 59.8 Å². The summed E-state index contributed by atoms with van der Waals surface area (Å²) in [7, 11) is 0. The average Bonchev–Trinajstić information content (AvgIpc) is 2.29. The molecular weight excluding hydrogens is 294 g/mol. The molecule has 1 fully saturated rings. The summed E-state index contributed by atoms with van der Waals surface area (Å²) < 4.78 is 0.864. The fourth-order valence-electron chi connectivity index (χ4n) is 2.28. The Morgan fingerprint density at radius 2 is 2.22 bits per heavy atom. The topological polar surface area (TPSA) is 40.5 Å². The van der Waals surface area contributed by atoms with Gasteiger partial charge in [0, 0.05) is 17.6 Å². The monoisotopic (exact) mass is 311 g/mol. The van der Waals surface area contributed by atoms with Gasteiger partial charge in [-0.3, -0.25) is 0 Å². The van der Waals surface area contributed by atoms with Crippen LogP contribution >= 0.6 is 15.9 Å². The van der Waals surface area contributed by atoms with Crippen molar-refractivity contribution in [2.75, 3.05) is 18.0 Å². The molecule has 2 rings (SSSR count). The molecule has 0 bridgehead atoms. The maximum atomic E-state index is 10.9. The number of rotatable bonds is 5. The molecule has 1 aromatic carbocycles. The van der Waals surface area contributed by atoms with E-state index in [0.717, 1.165) is 29.2 Å². The highest BCUT2D eigenvalue weighted by Gasteiger charge is 2.21. The molecule has 0 amide bonds. The van der Waals surface area contributed by atoms with Gasteiger partial charge >= 0.3 is 5.97 Å². The number of hydrogen-bond acceptors (Lipinski definition) is 2. The molecule has 0 atom stereocenters. The van der Waals surface area contributed by atoms with Crippen molar-refractivity contribution in [3.05, 3.63) is 28.2 Å². The minimum absolute atomic E-state index is 0.324. The Balaban J connectivity index is 2.16. The van der Waals surface area contributed by atoms with E-state index >= 15 is 0 Å². The van der Waals surface area contributed by atoms with E-state index in [0.29, 0.717) is 5.56 Å². The van der Waals surface area contributed by atoms with Crippen LogP contribution in [0.25, 0.3) is 0 Å². The van der Waals surface area contributed by atoms with Crippen LogP contribution in [-0.4, -0.2) is 24.2 Å². The van der Waals surface area contributed by atoms with Gasteiger partial charge < -0.3 is 10.0 Å². The molecule has 98 valence electrons. The molecule has 0 saturated heterocycles. The molecule has 4 heteroatoms. The Hall–Kier alpha value is -1.03. The van der Waals surface area contributed by atoms with E-state index in [2.05, 4.69) is 27.8 Å². The third-order valence-corrected chi connectivity index (χ3v) is 4.26. The summed E-state index contributed by atoms with van der Waals surface area (Å²) in [5.74, 6) is -0.0831. The zero-order valence-corrected chi connectivity index (χ0v) is 12.1. The first-order valence-corrected chi connectivity index (χ1v) is 7.19. The number of carbonyl (C=O) groups is 1. The van der Waals surface area contributed by atoms with E-state index in [9.17, 15) is 4.79 Å². The van der Waals surface area contributed by atoms with Crippen LogP contribution < -0.4 is 4.90 Å². The second kappa shape index (κ2) is 5.74. The van der Waals surface area contributed by atoms with Crippen LogP contribution in [0.4, 0.5) is 5.69 Å². The quantitative estimate of drug-likeness (QED) is 0.899. The normalized spacial score (nSPS) is 15.2. The molecule has 0 aliphatic heterocycles. The van der Waals surface area contributed by atoms with E-state index in [-0.39, 0.29) is 0 Å². The van der Waals surface area contributed by atoms with Crippen LogP contribution in [0.15, 0.2) is 22.7 Å². The van der Waals surface area contributed by atoms with Crippen molar-refractivity contribution in [1.82, 2.24) is 0 Å². The van der Waals surface area contributed by atoms with Crippen LogP contribution in [0.2, 0.25) is 0 Å². The molecule has 3 nitrogen and oxygen atoms in total. The number of aromatic carboxylic acids is 1. The number of halogens is 1. The third kappa shape index (κ3) is 2.86. The second-order valence-corrected chi connectivity index (χ2v) is 5.66. The van der Waals surface area contributed by atoms with Gasteiger partial charge in [0.1, 0.15) is 0 Å². The van der Waals surface area contributed by atoms with Gasteiger partial charge in [0.15, 0.2) is 0 Å². The number of nitrogens with zero attached hydrogens (tertiary/aromatic N) is 1. The lowest BCUT2D eigenvalue weighted by molar-refractivity contribution is 0.0697. The molecule has 1 aromatic rings. The van der Waals surface area contributed by atoms with Crippen LogP contribution in [0, 0.1) is 5.92 Å². The van der Waals surface area contributed by atoms with E-state index in [4.69, 9.17) is 5.11 Å². The maximum Gasteiger partial charge on any atom is 0.335 e. The maximum absolute atomic E-state index is 10.9. The SMILES string of the molecule is CCN(CC1CCC1)c1ccc(C(=O)O)cc1Br. The molecule has 1 aliphatic rings. The third-order valence-electron chi connectivity index (χ3n) is 3.62. The largest absolute Gasteiger partial charge is 0.478 e. The van der Waals surface area contributed by atoms with Crippen LogP contribution in [0.1, 0.15) is 36.5 Å². The standard InChI is InChI=1S/C14H18BrNO2/c1-2-16(9-10-4-3-5-10)13-7-6-11(14(17)18)8-12(13)15/h6-8,10H,2-5,9H2,1H3,(H,17,18). The van der Waals surface area contributed by atoms with Crippen molar-refractivity contribution >= 4 is 27.6 Å². The van der Waals surface area contributed by atoms with Gasteiger partial charge in [-0.15, -0.1) is 0 Å². The fourth-order valence-corrected chi connectivity index (χ4v) is 2.91. The molecule has 0 unspecified atom stereocenters. The molecule has 0 aromatic heterocycles. The van der Waals surface area contributed by atoms with Crippen molar-refractivity contribution < 1.29 is 9.90 Å². The minimum Gasteiger partial charge on any atom is -0.478 e. The average molecular weight is 312 g/mol. The Morgan fingerprint density at radius 3 is 2.67 bits per heavy atom. The van der Waals surface area contributed by atoms with Gasteiger partial charge in [0.05, 0.1) is 11.3 Å². The highest BCUT2D eigenvalue weighted by molar-refractivity contribution is 9.10. The van der Waals surface area contributed by atoms with E-state index in [1.54, 1.807) is 12.1 Å².